The zero-order valence-corrected chi connectivity index (χ0v) is 19.0. The lowest BCUT2D eigenvalue weighted by atomic mass is 10.1. The number of unbranched alkanes of at least 4 members (excludes halogenated alkanes) is 2. The molecule has 0 aliphatic carbocycles. The molecule has 0 saturated carbocycles. The Morgan fingerprint density at radius 3 is 2.76 bits per heavy atom. The molecule has 2 aliphatic rings. The molecule has 0 N–H and O–H groups in total. The Balaban J connectivity index is 1.74. The van der Waals surface area contributed by atoms with Crippen molar-refractivity contribution in [1.29, 1.82) is 0 Å². The quantitative estimate of drug-likeness (QED) is 0.336. The van der Waals surface area contributed by atoms with Crippen LogP contribution in [0.5, 0.6) is 11.5 Å². The number of ether oxygens (including phenoxy) is 2. The molecule has 1 amide bonds. The summed E-state index contributed by atoms with van der Waals surface area (Å²) in [7, 11) is -1.51. The van der Waals surface area contributed by atoms with Crippen LogP contribution in [0.2, 0.25) is 0 Å². The molecule has 3 rings (SSSR count). The first-order valence-electron chi connectivity index (χ1n) is 9.63. The maximum atomic E-state index is 12.8. The zero-order valence-electron chi connectivity index (χ0n) is 16.5. The lowest BCUT2D eigenvalue weighted by molar-refractivity contribution is -0.123. The summed E-state index contributed by atoms with van der Waals surface area (Å²) in [5, 5.41) is 0. The lowest BCUT2D eigenvalue weighted by Gasteiger charge is -2.20. The van der Waals surface area contributed by atoms with Gasteiger partial charge in [0, 0.05) is 0 Å². The van der Waals surface area contributed by atoms with Gasteiger partial charge in [0.15, 0.2) is 21.3 Å². The molecule has 0 bridgehead atoms. The first kappa shape index (κ1) is 22.1. The fourth-order valence-corrected chi connectivity index (χ4v) is 6.45. The number of amides is 1. The van der Waals surface area contributed by atoms with Crippen LogP contribution in [0.3, 0.4) is 0 Å². The van der Waals surface area contributed by atoms with Crippen molar-refractivity contribution in [3.63, 3.8) is 0 Å². The molecule has 6 nitrogen and oxygen atoms in total. The van der Waals surface area contributed by atoms with E-state index < -0.39 is 9.84 Å². The van der Waals surface area contributed by atoms with E-state index in [2.05, 4.69) is 6.92 Å². The topological polar surface area (TPSA) is 72.9 Å². The normalized spacial score (nSPS) is 22.5. The summed E-state index contributed by atoms with van der Waals surface area (Å²) >= 11 is 6.55. The van der Waals surface area contributed by atoms with Crippen LogP contribution in [0.15, 0.2) is 23.1 Å². The van der Waals surface area contributed by atoms with Crippen LogP contribution in [-0.2, 0) is 14.6 Å². The van der Waals surface area contributed by atoms with Gasteiger partial charge in [0.05, 0.1) is 36.2 Å². The van der Waals surface area contributed by atoms with Gasteiger partial charge in [0.25, 0.3) is 5.91 Å². The third-order valence-corrected chi connectivity index (χ3v) is 7.97. The zero-order chi connectivity index (χ0) is 21.0. The number of nitrogens with zero attached hydrogens (tertiary/aromatic N) is 1. The van der Waals surface area contributed by atoms with Gasteiger partial charge in [-0.1, -0.05) is 49.8 Å². The summed E-state index contributed by atoms with van der Waals surface area (Å²) in [6, 6.07) is 5.15. The molecule has 0 spiro atoms. The van der Waals surface area contributed by atoms with E-state index in [-0.39, 0.29) is 23.5 Å². The molecule has 1 unspecified atom stereocenters. The third kappa shape index (κ3) is 5.32. The molecule has 1 aromatic rings. The minimum absolute atomic E-state index is 0.0232. The van der Waals surface area contributed by atoms with Crippen molar-refractivity contribution in [1.82, 2.24) is 4.90 Å². The summed E-state index contributed by atoms with van der Waals surface area (Å²) in [6.45, 7) is 2.77. The van der Waals surface area contributed by atoms with Gasteiger partial charge in [-0.3, -0.25) is 9.69 Å². The van der Waals surface area contributed by atoms with Crippen LogP contribution in [0.25, 0.3) is 6.08 Å². The maximum Gasteiger partial charge on any atom is 0.266 e. The van der Waals surface area contributed by atoms with E-state index >= 15 is 0 Å². The summed E-state index contributed by atoms with van der Waals surface area (Å²) in [6.07, 6.45) is 5.42. The van der Waals surface area contributed by atoms with Gasteiger partial charge in [-0.2, -0.15) is 0 Å². The number of hydrogen-bond donors (Lipinski definition) is 0. The summed E-state index contributed by atoms with van der Waals surface area (Å²) < 4.78 is 35.2. The molecule has 2 fully saturated rings. The summed E-state index contributed by atoms with van der Waals surface area (Å²) in [4.78, 5) is 14.8. The van der Waals surface area contributed by atoms with Crippen molar-refractivity contribution in [2.75, 3.05) is 25.2 Å². The van der Waals surface area contributed by atoms with E-state index in [4.69, 9.17) is 21.7 Å². The molecule has 1 atom stereocenters. The molecule has 29 heavy (non-hydrogen) atoms. The van der Waals surface area contributed by atoms with Crippen molar-refractivity contribution in [3.05, 3.63) is 28.7 Å². The highest BCUT2D eigenvalue weighted by molar-refractivity contribution is 8.26. The van der Waals surface area contributed by atoms with Gasteiger partial charge in [-0.05, 0) is 36.6 Å². The second kappa shape index (κ2) is 9.49. The van der Waals surface area contributed by atoms with Crippen molar-refractivity contribution in [3.8, 4) is 11.5 Å². The largest absolute Gasteiger partial charge is 0.493 e. The van der Waals surface area contributed by atoms with Gasteiger partial charge in [0.1, 0.15) is 4.32 Å². The Morgan fingerprint density at radius 1 is 1.31 bits per heavy atom. The Bertz CT molecular complexity index is 926. The van der Waals surface area contributed by atoms with Crippen molar-refractivity contribution < 1.29 is 22.7 Å². The molecule has 0 radical (unpaired) electrons. The predicted octanol–water partition coefficient (Wildman–Crippen LogP) is 3.65. The number of benzene rings is 1. The molecule has 2 aliphatic heterocycles. The highest BCUT2D eigenvalue weighted by Crippen LogP contribution is 2.37. The van der Waals surface area contributed by atoms with E-state index in [0.717, 1.165) is 24.8 Å². The van der Waals surface area contributed by atoms with Crippen LogP contribution in [0.1, 0.15) is 38.2 Å². The van der Waals surface area contributed by atoms with Crippen molar-refractivity contribution >= 4 is 50.1 Å². The maximum absolute atomic E-state index is 12.8. The Hall–Kier alpha value is -1.58. The number of carbonyl (C=O) groups is 1. The Kier molecular flexibility index (Phi) is 7.23. The molecule has 9 heteroatoms. The smallest absolute Gasteiger partial charge is 0.266 e. The molecule has 1 aromatic carbocycles. The molecule has 2 saturated heterocycles. The fraction of sp³-hybridized carbons (Fsp3) is 0.500. The number of thiocarbonyl (C=S) groups is 1. The molecular weight excluding hydrogens is 430 g/mol. The first-order chi connectivity index (χ1) is 13.8. The number of hydrogen-bond acceptors (Lipinski definition) is 7. The predicted molar refractivity (Wildman–Crippen MR) is 120 cm³/mol. The second-order valence-electron chi connectivity index (χ2n) is 7.07. The molecule has 0 aromatic heterocycles. The van der Waals surface area contributed by atoms with Gasteiger partial charge in [-0.25, -0.2) is 8.42 Å². The van der Waals surface area contributed by atoms with Crippen LogP contribution >= 0.6 is 24.0 Å². The fourth-order valence-electron chi connectivity index (χ4n) is 3.35. The minimum atomic E-state index is -3.09. The molecule has 158 valence electrons. The molecular formula is C20H25NO5S3. The van der Waals surface area contributed by atoms with Gasteiger partial charge >= 0.3 is 0 Å². The Labute approximate surface area is 181 Å². The Morgan fingerprint density at radius 2 is 2.10 bits per heavy atom. The number of sulfone groups is 1. The van der Waals surface area contributed by atoms with E-state index in [1.54, 1.807) is 13.2 Å². The monoisotopic (exact) mass is 455 g/mol. The SMILES string of the molecule is CCCCCOc1ccc(C=C2SC(=S)N(C3CCS(=O)(=O)C3)C2=O)cc1OC. The van der Waals surface area contributed by atoms with Crippen LogP contribution in [0, 0.1) is 0 Å². The summed E-state index contributed by atoms with van der Waals surface area (Å²) in [5.41, 5.74) is 0.794. The highest BCUT2D eigenvalue weighted by Gasteiger charge is 2.42. The highest BCUT2D eigenvalue weighted by atomic mass is 32.2. The van der Waals surface area contributed by atoms with Gasteiger partial charge in [0.2, 0.25) is 0 Å². The number of thioether (sulfide) groups is 1. The minimum Gasteiger partial charge on any atom is -0.493 e. The summed E-state index contributed by atoms with van der Waals surface area (Å²) in [5.74, 6) is 1.12. The van der Waals surface area contributed by atoms with E-state index in [1.165, 1.54) is 16.7 Å². The van der Waals surface area contributed by atoms with Crippen molar-refractivity contribution in [2.24, 2.45) is 0 Å². The van der Waals surface area contributed by atoms with Crippen molar-refractivity contribution in [2.45, 2.75) is 38.6 Å². The van der Waals surface area contributed by atoms with E-state index in [0.29, 0.717) is 33.8 Å². The molecule has 2 heterocycles. The van der Waals surface area contributed by atoms with Gasteiger partial charge < -0.3 is 9.47 Å². The average Bonchev–Trinajstić information content (AvgIpc) is 3.17. The third-order valence-electron chi connectivity index (χ3n) is 4.89. The van der Waals surface area contributed by atoms with E-state index in [9.17, 15) is 13.2 Å². The first-order valence-corrected chi connectivity index (χ1v) is 12.7. The average molecular weight is 456 g/mol. The van der Waals surface area contributed by atoms with Crippen LogP contribution in [-0.4, -0.2) is 54.8 Å². The standard InChI is InChI=1S/C20H25NO5S3/c1-3-4-5-9-26-16-7-6-14(11-17(16)25-2)12-18-19(22)21(20(27)28-18)15-8-10-29(23,24)13-15/h6-7,11-12,15H,3-5,8-10,13H2,1-2H3. The lowest BCUT2D eigenvalue weighted by Crippen LogP contribution is -2.39. The number of methoxy groups -OCH3 is 1. The number of rotatable bonds is 8. The van der Waals surface area contributed by atoms with Crippen LogP contribution < -0.4 is 9.47 Å². The van der Waals surface area contributed by atoms with Gasteiger partial charge in [-0.15, -0.1) is 0 Å². The van der Waals surface area contributed by atoms with Crippen LogP contribution in [0.4, 0.5) is 0 Å². The number of carbonyl (C=O) groups excluding carboxylic acids is 1. The van der Waals surface area contributed by atoms with E-state index in [1.807, 2.05) is 18.2 Å². The second-order valence-corrected chi connectivity index (χ2v) is 11.0.